The predicted molar refractivity (Wildman–Crippen MR) is 88.6 cm³/mol. The number of pyridine rings is 2. The molecule has 4 heteroatoms. The SMILES string of the molecule is CCc1ccc(Nc2cccc3cccnc23)nc1C(C)=O. The number of carbonyl (C=O) groups excluding carboxylic acids is 1. The van der Waals surface area contributed by atoms with Crippen molar-refractivity contribution < 1.29 is 4.79 Å². The standard InChI is InChI=1S/C18H17N3O/c1-3-13-9-10-16(21-17(13)12(2)22)20-15-8-4-6-14-7-5-11-19-18(14)15/h4-11H,3H2,1-2H3,(H,20,21). The Kier molecular flexibility index (Phi) is 3.83. The number of ketones is 1. The van der Waals surface area contributed by atoms with E-state index in [0.29, 0.717) is 11.5 Å². The molecule has 2 heterocycles. The lowest BCUT2D eigenvalue weighted by Gasteiger charge is -2.11. The van der Waals surface area contributed by atoms with Crippen LogP contribution in [-0.2, 0) is 6.42 Å². The Labute approximate surface area is 129 Å². The second-order valence-electron chi connectivity index (χ2n) is 5.12. The van der Waals surface area contributed by atoms with Crippen LogP contribution in [0, 0.1) is 0 Å². The van der Waals surface area contributed by atoms with Gasteiger partial charge in [0, 0.05) is 18.5 Å². The number of aryl methyl sites for hydroxylation is 1. The third kappa shape index (κ3) is 2.68. The molecule has 0 fully saturated rings. The molecule has 0 bridgehead atoms. The smallest absolute Gasteiger partial charge is 0.178 e. The van der Waals surface area contributed by atoms with E-state index in [-0.39, 0.29) is 5.78 Å². The molecule has 110 valence electrons. The van der Waals surface area contributed by atoms with Gasteiger partial charge in [0.2, 0.25) is 0 Å². The van der Waals surface area contributed by atoms with E-state index in [0.717, 1.165) is 28.6 Å². The molecule has 0 unspecified atom stereocenters. The third-order valence-corrected chi connectivity index (χ3v) is 3.59. The number of nitrogens with zero attached hydrogens (tertiary/aromatic N) is 2. The summed E-state index contributed by atoms with van der Waals surface area (Å²) < 4.78 is 0. The summed E-state index contributed by atoms with van der Waals surface area (Å²) in [5, 5.41) is 4.33. The molecule has 0 aliphatic carbocycles. The third-order valence-electron chi connectivity index (χ3n) is 3.59. The number of carbonyl (C=O) groups is 1. The van der Waals surface area contributed by atoms with E-state index in [1.54, 1.807) is 13.1 Å². The minimum Gasteiger partial charge on any atom is -0.338 e. The van der Waals surface area contributed by atoms with Crippen molar-refractivity contribution in [2.45, 2.75) is 20.3 Å². The Bertz CT molecular complexity index is 837. The first-order valence-corrected chi connectivity index (χ1v) is 7.30. The van der Waals surface area contributed by atoms with Crippen LogP contribution in [0.2, 0.25) is 0 Å². The van der Waals surface area contributed by atoms with Gasteiger partial charge in [-0.2, -0.15) is 0 Å². The maximum Gasteiger partial charge on any atom is 0.178 e. The van der Waals surface area contributed by atoms with Crippen LogP contribution in [-0.4, -0.2) is 15.8 Å². The molecule has 1 N–H and O–H groups in total. The number of hydrogen-bond acceptors (Lipinski definition) is 4. The molecule has 2 aromatic heterocycles. The summed E-state index contributed by atoms with van der Waals surface area (Å²) >= 11 is 0. The first-order valence-electron chi connectivity index (χ1n) is 7.30. The number of nitrogens with one attached hydrogen (secondary N) is 1. The zero-order chi connectivity index (χ0) is 15.5. The van der Waals surface area contributed by atoms with Gasteiger partial charge in [0.15, 0.2) is 5.78 Å². The molecule has 0 aliphatic heterocycles. The van der Waals surface area contributed by atoms with Crippen molar-refractivity contribution in [2.75, 3.05) is 5.32 Å². The van der Waals surface area contributed by atoms with Gasteiger partial charge >= 0.3 is 0 Å². The summed E-state index contributed by atoms with van der Waals surface area (Å²) in [6.07, 6.45) is 2.56. The van der Waals surface area contributed by atoms with Gasteiger partial charge in [-0.25, -0.2) is 4.98 Å². The summed E-state index contributed by atoms with van der Waals surface area (Å²) in [7, 11) is 0. The van der Waals surface area contributed by atoms with Crippen molar-refractivity contribution in [3.8, 4) is 0 Å². The highest BCUT2D eigenvalue weighted by atomic mass is 16.1. The van der Waals surface area contributed by atoms with Gasteiger partial charge in [-0.3, -0.25) is 9.78 Å². The van der Waals surface area contributed by atoms with E-state index in [1.807, 2.05) is 49.4 Å². The molecule has 0 atom stereocenters. The van der Waals surface area contributed by atoms with Crippen LogP contribution in [0.25, 0.3) is 10.9 Å². The van der Waals surface area contributed by atoms with Crippen molar-refractivity contribution in [3.63, 3.8) is 0 Å². The van der Waals surface area contributed by atoms with Crippen molar-refractivity contribution in [3.05, 3.63) is 59.9 Å². The quantitative estimate of drug-likeness (QED) is 0.734. The lowest BCUT2D eigenvalue weighted by Crippen LogP contribution is -2.05. The monoisotopic (exact) mass is 291 g/mol. The van der Waals surface area contributed by atoms with E-state index in [1.165, 1.54) is 0 Å². The fourth-order valence-electron chi connectivity index (χ4n) is 2.49. The van der Waals surface area contributed by atoms with Gasteiger partial charge in [0.25, 0.3) is 0 Å². The zero-order valence-electron chi connectivity index (χ0n) is 12.6. The molecule has 3 rings (SSSR count). The molecule has 0 saturated heterocycles. The van der Waals surface area contributed by atoms with Crippen LogP contribution < -0.4 is 5.32 Å². The van der Waals surface area contributed by atoms with Crippen LogP contribution >= 0.6 is 0 Å². The second-order valence-corrected chi connectivity index (χ2v) is 5.12. The van der Waals surface area contributed by atoms with E-state index in [2.05, 4.69) is 15.3 Å². The van der Waals surface area contributed by atoms with Crippen molar-refractivity contribution in [1.82, 2.24) is 9.97 Å². The number of benzene rings is 1. The molecular weight excluding hydrogens is 274 g/mol. The Morgan fingerprint density at radius 1 is 1.14 bits per heavy atom. The minimum absolute atomic E-state index is 0.0171. The summed E-state index contributed by atoms with van der Waals surface area (Å²) in [5.74, 6) is 0.636. The molecule has 4 nitrogen and oxygen atoms in total. The molecule has 0 radical (unpaired) electrons. The van der Waals surface area contributed by atoms with Gasteiger partial charge in [-0.05, 0) is 30.2 Å². The van der Waals surface area contributed by atoms with E-state index >= 15 is 0 Å². The molecule has 0 aliphatic rings. The fraction of sp³-hybridized carbons (Fsp3) is 0.167. The van der Waals surface area contributed by atoms with Crippen LogP contribution in [0.5, 0.6) is 0 Å². The number of para-hydroxylation sites is 1. The van der Waals surface area contributed by atoms with Crippen LogP contribution in [0.4, 0.5) is 11.5 Å². The Morgan fingerprint density at radius 2 is 1.95 bits per heavy atom. The molecular formula is C18H17N3O. The molecule has 0 amide bonds. The van der Waals surface area contributed by atoms with Crippen LogP contribution in [0.1, 0.15) is 29.9 Å². The maximum atomic E-state index is 11.7. The number of hydrogen-bond donors (Lipinski definition) is 1. The average Bonchev–Trinajstić information content (AvgIpc) is 2.55. The van der Waals surface area contributed by atoms with Gasteiger partial charge in [0.05, 0.1) is 11.2 Å². The number of aromatic nitrogens is 2. The van der Waals surface area contributed by atoms with E-state index in [9.17, 15) is 4.79 Å². The van der Waals surface area contributed by atoms with Crippen LogP contribution in [0.15, 0.2) is 48.7 Å². The van der Waals surface area contributed by atoms with Gasteiger partial charge in [0.1, 0.15) is 11.5 Å². The lowest BCUT2D eigenvalue weighted by molar-refractivity contribution is 0.101. The van der Waals surface area contributed by atoms with E-state index in [4.69, 9.17) is 0 Å². The first kappa shape index (κ1) is 14.2. The van der Waals surface area contributed by atoms with Gasteiger partial charge in [-0.15, -0.1) is 0 Å². The molecule has 3 aromatic rings. The number of rotatable bonds is 4. The predicted octanol–water partition coefficient (Wildman–Crippen LogP) is 4.14. The van der Waals surface area contributed by atoms with Crippen LogP contribution in [0.3, 0.4) is 0 Å². The summed E-state index contributed by atoms with van der Waals surface area (Å²) in [5.41, 5.74) is 3.26. The molecule has 0 spiro atoms. The highest BCUT2D eigenvalue weighted by Crippen LogP contribution is 2.24. The second kappa shape index (κ2) is 5.93. The summed E-state index contributed by atoms with van der Waals surface area (Å²) in [6.45, 7) is 3.57. The van der Waals surface area contributed by atoms with Gasteiger partial charge in [-0.1, -0.05) is 31.2 Å². The minimum atomic E-state index is -0.0171. The average molecular weight is 291 g/mol. The van der Waals surface area contributed by atoms with Crippen molar-refractivity contribution in [2.24, 2.45) is 0 Å². The Morgan fingerprint density at radius 3 is 2.73 bits per heavy atom. The molecule has 22 heavy (non-hydrogen) atoms. The fourth-order valence-corrected chi connectivity index (χ4v) is 2.49. The summed E-state index contributed by atoms with van der Waals surface area (Å²) in [4.78, 5) is 20.6. The highest BCUT2D eigenvalue weighted by Gasteiger charge is 2.10. The Balaban J connectivity index is 2.02. The topological polar surface area (TPSA) is 54.9 Å². The molecule has 1 aromatic carbocycles. The normalized spacial score (nSPS) is 10.6. The highest BCUT2D eigenvalue weighted by molar-refractivity contribution is 5.95. The number of anilines is 2. The van der Waals surface area contributed by atoms with E-state index < -0.39 is 0 Å². The number of fused-ring (bicyclic) bond motifs is 1. The Hall–Kier alpha value is -2.75. The maximum absolute atomic E-state index is 11.7. The van der Waals surface area contributed by atoms with Crippen molar-refractivity contribution in [1.29, 1.82) is 0 Å². The summed E-state index contributed by atoms with van der Waals surface area (Å²) in [6, 6.07) is 13.7. The first-order chi connectivity index (χ1) is 10.7. The largest absolute Gasteiger partial charge is 0.338 e. The lowest BCUT2D eigenvalue weighted by atomic mass is 10.1. The van der Waals surface area contributed by atoms with Crippen molar-refractivity contribution >= 4 is 28.2 Å². The van der Waals surface area contributed by atoms with Gasteiger partial charge < -0.3 is 5.32 Å². The molecule has 0 saturated carbocycles. The zero-order valence-corrected chi connectivity index (χ0v) is 12.6. The number of Topliss-reactive ketones (excluding diaryl/α,β-unsaturated/α-hetero) is 1.